The average molecular weight is 278 g/mol. The summed E-state index contributed by atoms with van der Waals surface area (Å²) in [7, 11) is 0. The number of carbonyl (C=O) groups excluding carboxylic acids is 2. The molecule has 1 atom stereocenters. The molecule has 3 nitrogen and oxygen atoms in total. The largest absolute Gasteiger partial charge is 0.498 e. The van der Waals surface area contributed by atoms with Gasteiger partial charge in [0.15, 0.2) is 5.78 Å². The number of allylic oxidation sites excluding steroid dienone is 3. The van der Waals surface area contributed by atoms with Crippen LogP contribution in [0, 0.1) is 11.3 Å². The molecule has 1 aliphatic rings. The van der Waals surface area contributed by atoms with Gasteiger partial charge in [-0.1, -0.05) is 19.9 Å². The molecule has 0 bridgehead atoms. The van der Waals surface area contributed by atoms with E-state index in [1.54, 1.807) is 19.1 Å². The minimum atomic E-state index is -0.446. The quantitative estimate of drug-likeness (QED) is 0.634. The van der Waals surface area contributed by atoms with Crippen molar-refractivity contribution in [3.8, 4) is 0 Å². The number of hydrogen-bond donors (Lipinski definition) is 0. The molecule has 0 fully saturated rings. The molecule has 0 saturated carbocycles. The van der Waals surface area contributed by atoms with E-state index in [-0.39, 0.29) is 11.6 Å². The van der Waals surface area contributed by atoms with Crippen LogP contribution in [0.5, 0.6) is 0 Å². The minimum Gasteiger partial charge on any atom is -0.498 e. The molecular weight excluding hydrogens is 252 g/mol. The first-order chi connectivity index (χ1) is 9.39. The van der Waals surface area contributed by atoms with E-state index in [0.717, 1.165) is 18.6 Å². The molecule has 0 radical (unpaired) electrons. The fourth-order valence-electron chi connectivity index (χ4n) is 2.49. The molecule has 0 saturated heterocycles. The average Bonchev–Trinajstić information content (AvgIpc) is 2.37. The van der Waals surface area contributed by atoms with Crippen LogP contribution in [-0.4, -0.2) is 18.2 Å². The highest BCUT2D eigenvalue weighted by Gasteiger charge is 2.38. The van der Waals surface area contributed by atoms with Crippen molar-refractivity contribution in [2.75, 3.05) is 6.61 Å². The van der Waals surface area contributed by atoms with E-state index >= 15 is 0 Å². The summed E-state index contributed by atoms with van der Waals surface area (Å²) >= 11 is 0. The lowest BCUT2D eigenvalue weighted by Crippen LogP contribution is -2.33. The van der Waals surface area contributed by atoms with E-state index in [2.05, 4.69) is 20.4 Å². The minimum absolute atomic E-state index is 0.0867. The van der Waals surface area contributed by atoms with Gasteiger partial charge in [0.2, 0.25) is 0 Å². The summed E-state index contributed by atoms with van der Waals surface area (Å²) in [6, 6.07) is 0. The summed E-state index contributed by atoms with van der Waals surface area (Å²) in [6.45, 7) is 10.1. The van der Waals surface area contributed by atoms with Crippen LogP contribution in [-0.2, 0) is 14.3 Å². The summed E-state index contributed by atoms with van der Waals surface area (Å²) in [5.74, 6) is 1.45. The van der Waals surface area contributed by atoms with Crippen LogP contribution in [0.3, 0.4) is 0 Å². The van der Waals surface area contributed by atoms with Gasteiger partial charge in [0, 0.05) is 24.3 Å². The molecule has 0 aromatic rings. The Morgan fingerprint density at radius 3 is 2.75 bits per heavy atom. The molecule has 0 aromatic carbocycles. The molecule has 0 aromatic heterocycles. The Hall–Kier alpha value is -1.38. The summed E-state index contributed by atoms with van der Waals surface area (Å²) in [4.78, 5) is 23.7. The normalized spacial score (nSPS) is 22.6. The zero-order valence-electron chi connectivity index (χ0n) is 12.9. The van der Waals surface area contributed by atoms with E-state index in [0.29, 0.717) is 31.8 Å². The third-order valence-corrected chi connectivity index (χ3v) is 3.76. The Bertz CT molecular complexity index is 406. The van der Waals surface area contributed by atoms with Crippen molar-refractivity contribution < 1.29 is 14.3 Å². The first-order valence-electron chi connectivity index (χ1n) is 7.38. The van der Waals surface area contributed by atoms with Gasteiger partial charge in [0.05, 0.1) is 12.4 Å². The molecule has 3 heteroatoms. The van der Waals surface area contributed by atoms with Gasteiger partial charge in [-0.2, -0.15) is 0 Å². The van der Waals surface area contributed by atoms with Gasteiger partial charge in [-0.15, -0.1) is 6.58 Å². The SMILES string of the molecule is C=CCC1(CCC(C)=O)CCC(OCC(C)C)=CC1=O. The van der Waals surface area contributed by atoms with E-state index in [9.17, 15) is 9.59 Å². The molecule has 0 spiro atoms. The molecule has 0 aliphatic heterocycles. The second-order valence-corrected chi connectivity index (χ2v) is 6.15. The fraction of sp³-hybridized carbons (Fsp3) is 0.647. The molecular formula is C17H26O3. The molecule has 20 heavy (non-hydrogen) atoms. The summed E-state index contributed by atoms with van der Waals surface area (Å²) in [5, 5.41) is 0. The van der Waals surface area contributed by atoms with E-state index in [1.807, 2.05) is 0 Å². The van der Waals surface area contributed by atoms with Crippen molar-refractivity contribution in [2.24, 2.45) is 11.3 Å². The zero-order chi connectivity index (χ0) is 15.2. The van der Waals surface area contributed by atoms with Crippen LogP contribution in [0.25, 0.3) is 0 Å². The zero-order valence-corrected chi connectivity index (χ0v) is 12.9. The van der Waals surface area contributed by atoms with Crippen LogP contribution < -0.4 is 0 Å². The van der Waals surface area contributed by atoms with E-state index in [1.165, 1.54) is 0 Å². The Balaban J connectivity index is 2.76. The molecule has 0 heterocycles. The Labute approximate surface area is 122 Å². The van der Waals surface area contributed by atoms with Gasteiger partial charge in [0.1, 0.15) is 5.78 Å². The van der Waals surface area contributed by atoms with Crippen molar-refractivity contribution in [1.82, 2.24) is 0 Å². The summed E-state index contributed by atoms with van der Waals surface area (Å²) in [5.41, 5.74) is -0.446. The first kappa shape index (κ1) is 16.7. The lowest BCUT2D eigenvalue weighted by atomic mass is 9.70. The third kappa shape index (κ3) is 4.62. The molecule has 112 valence electrons. The predicted molar refractivity (Wildman–Crippen MR) is 80.3 cm³/mol. The second-order valence-electron chi connectivity index (χ2n) is 6.15. The van der Waals surface area contributed by atoms with Crippen LogP contribution in [0.1, 0.15) is 52.9 Å². The number of hydrogen-bond acceptors (Lipinski definition) is 3. The van der Waals surface area contributed by atoms with Crippen LogP contribution in [0.15, 0.2) is 24.5 Å². The van der Waals surface area contributed by atoms with Gasteiger partial charge < -0.3 is 9.53 Å². The predicted octanol–water partition coefficient (Wildman–Crippen LogP) is 3.84. The monoisotopic (exact) mass is 278 g/mol. The van der Waals surface area contributed by atoms with Crippen LogP contribution in [0.4, 0.5) is 0 Å². The molecule has 1 aliphatic carbocycles. The number of carbonyl (C=O) groups is 2. The highest BCUT2D eigenvalue weighted by Crippen LogP contribution is 2.40. The number of ether oxygens (including phenoxy) is 1. The Kier molecular flexibility index (Phi) is 6.18. The van der Waals surface area contributed by atoms with Crippen molar-refractivity contribution in [3.05, 3.63) is 24.5 Å². The Morgan fingerprint density at radius 1 is 1.55 bits per heavy atom. The topological polar surface area (TPSA) is 43.4 Å². The maximum absolute atomic E-state index is 12.5. The molecule has 0 N–H and O–H groups in total. The maximum atomic E-state index is 12.5. The number of ketones is 2. The lowest BCUT2D eigenvalue weighted by molar-refractivity contribution is -0.126. The van der Waals surface area contributed by atoms with Crippen molar-refractivity contribution in [2.45, 2.75) is 52.9 Å². The first-order valence-corrected chi connectivity index (χ1v) is 7.38. The molecule has 1 unspecified atom stereocenters. The van der Waals surface area contributed by atoms with Crippen molar-refractivity contribution in [3.63, 3.8) is 0 Å². The number of rotatable bonds is 8. The summed E-state index contributed by atoms with van der Waals surface area (Å²) < 4.78 is 5.66. The highest BCUT2D eigenvalue weighted by molar-refractivity contribution is 5.96. The lowest BCUT2D eigenvalue weighted by Gasteiger charge is -2.34. The van der Waals surface area contributed by atoms with Crippen LogP contribution >= 0.6 is 0 Å². The van der Waals surface area contributed by atoms with Gasteiger partial charge in [0.25, 0.3) is 0 Å². The maximum Gasteiger partial charge on any atom is 0.165 e. The van der Waals surface area contributed by atoms with Gasteiger partial charge >= 0.3 is 0 Å². The van der Waals surface area contributed by atoms with Crippen LogP contribution in [0.2, 0.25) is 0 Å². The van der Waals surface area contributed by atoms with Gasteiger partial charge in [-0.25, -0.2) is 0 Å². The highest BCUT2D eigenvalue weighted by atomic mass is 16.5. The van der Waals surface area contributed by atoms with Crippen molar-refractivity contribution >= 4 is 11.6 Å². The second kappa shape index (κ2) is 7.41. The van der Waals surface area contributed by atoms with Crippen molar-refractivity contribution in [1.29, 1.82) is 0 Å². The molecule has 0 amide bonds. The van der Waals surface area contributed by atoms with Gasteiger partial charge in [-0.05, 0) is 32.1 Å². The number of Topliss-reactive ketones (excluding diaryl/α,β-unsaturated/α-hetero) is 1. The van der Waals surface area contributed by atoms with E-state index in [4.69, 9.17) is 4.74 Å². The smallest absolute Gasteiger partial charge is 0.165 e. The Morgan fingerprint density at radius 2 is 2.25 bits per heavy atom. The van der Waals surface area contributed by atoms with E-state index < -0.39 is 5.41 Å². The third-order valence-electron chi connectivity index (χ3n) is 3.76. The fourth-order valence-corrected chi connectivity index (χ4v) is 2.49. The summed E-state index contributed by atoms with van der Waals surface area (Å²) in [6.07, 6.45) is 6.63. The molecule has 1 rings (SSSR count). The van der Waals surface area contributed by atoms with Gasteiger partial charge in [-0.3, -0.25) is 4.79 Å². The standard InChI is InChI=1S/C17H26O3/c1-5-8-17(9-6-14(4)18)10-7-15(11-16(17)19)20-12-13(2)3/h5,11,13H,1,6-10,12H2,2-4H3.